The van der Waals surface area contributed by atoms with Gasteiger partial charge in [-0.15, -0.1) is 0 Å². The number of hydrogen-bond donors (Lipinski definition) is 2. The first-order chi connectivity index (χ1) is 6.89. The summed E-state index contributed by atoms with van der Waals surface area (Å²) < 4.78 is 36.3. The van der Waals surface area contributed by atoms with Crippen LogP contribution in [-0.2, 0) is 0 Å². The summed E-state index contributed by atoms with van der Waals surface area (Å²) in [7, 11) is 0. The highest BCUT2D eigenvalue weighted by atomic mass is 19.4. The van der Waals surface area contributed by atoms with E-state index >= 15 is 0 Å². The maximum Gasteiger partial charge on any atom is 0.401 e. The molecule has 0 amide bonds. The van der Waals surface area contributed by atoms with Crippen LogP contribution in [0.25, 0.3) is 0 Å². The van der Waals surface area contributed by atoms with Gasteiger partial charge in [0.05, 0.1) is 12.6 Å². The van der Waals surface area contributed by atoms with Crippen LogP contribution < -0.4 is 5.73 Å². The van der Waals surface area contributed by atoms with E-state index in [-0.39, 0.29) is 19.5 Å². The molecule has 1 atom stereocenters. The lowest BCUT2D eigenvalue weighted by atomic mass is 10.2. The molecule has 0 aliphatic rings. The summed E-state index contributed by atoms with van der Waals surface area (Å²) >= 11 is 0. The lowest BCUT2D eigenvalue weighted by molar-refractivity contribution is -0.146. The van der Waals surface area contributed by atoms with E-state index in [0.29, 0.717) is 13.0 Å². The normalized spacial score (nSPS) is 14.6. The molecule has 0 aromatic rings. The van der Waals surface area contributed by atoms with Gasteiger partial charge < -0.3 is 10.8 Å². The van der Waals surface area contributed by atoms with Gasteiger partial charge in [-0.3, -0.25) is 4.90 Å². The zero-order valence-corrected chi connectivity index (χ0v) is 8.93. The van der Waals surface area contributed by atoms with E-state index in [1.807, 2.05) is 6.92 Å². The van der Waals surface area contributed by atoms with E-state index in [1.54, 1.807) is 0 Å². The number of halogens is 3. The molecule has 0 aliphatic heterocycles. The second-order valence-electron chi connectivity index (χ2n) is 3.57. The molecular formula is C9H19F3N2O. The van der Waals surface area contributed by atoms with E-state index in [0.717, 1.165) is 0 Å². The molecule has 0 rings (SSSR count). The van der Waals surface area contributed by atoms with Crippen LogP contribution in [0.2, 0.25) is 0 Å². The quantitative estimate of drug-likeness (QED) is 0.682. The first kappa shape index (κ1) is 14.7. The minimum absolute atomic E-state index is 0.0893. The van der Waals surface area contributed by atoms with Gasteiger partial charge in [-0.2, -0.15) is 13.2 Å². The van der Waals surface area contributed by atoms with Gasteiger partial charge in [-0.1, -0.05) is 6.92 Å². The summed E-state index contributed by atoms with van der Waals surface area (Å²) in [6.07, 6.45) is -3.94. The van der Waals surface area contributed by atoms with E-state index < -0.39 is 18.8 Å². The predicted octanol–water partition coefficient (Wildman–Crippen LogP) is 0.970. The van der Waals surface area contributed by atoms with Crippen molar-refractivity contribution in [3.8, 4) is 0 Å². The Balaban J connectivity index is 3.93. The van der Waals surface area contributed by atoms with E-state index in [2.05, 4.69) is 0 Å². The Morgan fingerprint density at radius 1 is 1.33 bits per heavy atom. The Kier molecular flexibility index (Phi) is 6.87. The van der Waals surface area contributed by atoms with Crippen molar-refractivity contribution >= 4 is 0 Å². The van der Waals surface area contributed by atoms with Crippen LogP contribution in [0.5, 0.6) is 0 Å². The maximum atomic E-state index is 12.1. The molecule has 0 heterocycles. The fourth-order valence-electron chi connectivity index (χ4n) is 1.29. The molecule has 6 heteroatoms. The molecule has 0 bridgehead atoms. The minimum atomic E-state index is -4.18. The zero-order chi connectivity index (χ0) is 11.9. The van der Waals surface area contributed by atoms with Gasteiger partial charge in [0, 0.05) is 13.1 Å². The van der Waals surface area contributed by atoms with E-state index in [4.69, 9.17) is 10.8 Å². The van der Waals surface area contributed by atoms with Crippen LogP contribution in [-0.4, -0.2) is 48.5 Å². The third kappa shape index (κ3) is 8.65. The molecule has 0 radical (unpaired) electrons. The van der Waals surface area contributed by atoms with Gasteiger partial charge in [0.2, 0.25) is 0 Å². The van der Waals surface area contributed by atoms with Crippen molar-refractivity contribution in [2.75, 3.05) is 26.2 Å². The van der Waals surface area contributed by atoms with Gasteiger partial charge in [0.1, 0.15) is 0 Å². The smallest absolute Gasteiger partial charge is 0.392 e. The highest BCUT2D eigenvalue weighted by Gasteiger charge is 2.30. The Morgan fingerprint density at radius 2 is 1.93 bits per heavy atom. The van der Waals surface area contributed by atoms with Gasteiger partial charge in [0.15, 0.2) is 0 Å². The van der Waals surface area contributed by atoms with Crippen molar-refractivity contribution in [1.29, 1.82) is 0 Å². The molecule has 1 unspecified atom stereocenters. The first-order valence-electron chi connectivity index (χ1n) is 5.06. The number of alkyl halides is 3. The predicted molar refractivity (Wildman–Crippen MR) is 52.5 cm³/mol. The molecule has 92 valence electrons. The van der Waals surface area contributed by atoms with Crippen molar-refractivity contribution in [3.05, 3.63) is 0 Å². The molecule has 0 spiro atoms. The van der Waals surface area contributed by atoms with Crippen LogP contribution in [0.4, 0.5) is 13.2 Å². The summed E-state index contributed by atoms with van der Waals surface area (Å²) in [6.45, 7) is 1.61. The molecule has 0 aromatic heterocycles. The average molecular weight is 228 g/mol. The summed E-state index contributed by atoms with van der Waals surface area (Å²) in [5.74, 6) is 0. The Morgan fingerprint density at radius 3 is 2.33 bits per heavy atom. The van der Waals surface area contributed by atoms with Crippen LogP contribution >= 0.6 is 0 Å². The standard InChI is InChI=1S/C9H19F3N2O/c1-2-4-14(7-9(10,11)12)5-3-8(15)6-13/h8,15H,2-7,13H2,1H3. The summed E-state index contributed by atoms with van der Waals surface area (Å²) in [5, 5.41) is 9.14. The maximum absolute atomic E-state index is 12.1. The second-order valence-corrected chi connectivity index (χ2v) is 3.57. The second kappa shape index (κ2) is 7.03. The molecule has 0 aromatic carbocycles. The van der Waals surface area contributed by atoms with Gasteiger partial charge >= 0.3 is 6.18 Å². The first-order valence-corrected chi connectivity index (χ1v) is 5.06. The number of hydrogen-bond acceptors (Lipinski definition) is 3. The average Bonchev–Trinajstić information content (AvgIpc) is 2.11. The van der Waals surface area contributed by atoms with Crippen LogP contribution in [0, 0.1) is 0 Å². The molecule has 0 fully saturated rings. The largest absolute Gasteiger partial charge is 0.401 e. The summed E-state index contributed by atoms with van der Waals surface area (Å²) in [4.78, 5) is 1.29. The number of rotatable bonds is 7. The topological polar surface area (TPSA) is 49.5 Å². The van der Waals surface area contributed by atoms with Crippen molar-refractivity contribution in [3.63, 3.8) is 0 Å². The lowest BCUT2D eigenvalue weighted by Crippen LogP contribution is -2.37. The highest BCUT2D eigenvalue weighted by Crippen LogP contribution is 2.16. The van der Waals surface area contributed by atoms with E-state index in [1.165, 1.54) is 4.90 Å². The van der Waals surface area contributed by atoms with Gasteiger partial charge in [-0.05, 0) is 19.4 Å². The third-order valence-corrected chi connectivity index (χ3v) is 1.99. The number of nitrogens with two attached hydrogens (primary N) is 1. The molecule has 3 N–H and O–H groups in total. The lowest BCUT2D eigenvalue weighted by Gasteiger charge is -2.23. The molecule has 0 aliphatic carbocycles. The zero-order valence-electron chi connectivity index (χ0n) is 8.93. The van der Waals surface area contributed by atoms with Crippen molar-refractivity contribution in [2.45, 2.75) is 32.0 Å². The third-order valence-electron chi connectivity index (χ3n) is 1.99. The Bertz CT molecular complexity index is 164. The van der Waals surface area contributed by atoms with Gasteiger partial charge in [0.25, 0.3) is 0 Å². The number of aliphatic hydroxyl groups excluding tert-OH is 1. The Labute approximate surface area is 88.0 Å². The molecular weight excluding hydrogens is 209 g/mol. The van der Waals surface area contributed by atoms with Gasteiger partial charge in [-0.25, -0.2) is 0 Å². The fourth-order valence-corrected chi connectivity index (χ4v) is 1.29. The van der Waals surface area contributed by atoms with Crippen molar-refractivity contribution in [1.82, 2.24) is 4.90 Å². The monoisotopic (exact) mass is 228 g/mol. The Hall–Kier alpha value is -0.330. The molecule has 3 nitrogen and oxygen atoms in total. The summed E-state index contributed by atoms with van der Waals surface area (Å²) in [6, 6.07) is 0. The molecule has 0 saturated carbocycles. The summed E-state index contributed by atoms with van der Waals surface area (Å²) in [5.41, 5.74) is 5.17. The minimum Gasteiger partial charge on any atom is -0.392 e. The SMILES string of the molecule is CCCN(CCC(O)CN)CC(F)(F)F. The highest BCUT2D eigenvalue weighted by molar-refractivity contribution is 4.66. The fraction of sp³-hybridized carbons (Fsp3) is 1.00. The van der Waals surface area contributed by atoms with Crippen LogP contribution in [0.1, 0.15) is 19.8 Å². The van der Waals surface area contributed by atoms with E-state index in [9.17, 15) is 13.2 Å². The van der Waals surface area contributed by atoms with Crippen molar-refractivity contribution < 1.29 is 18.3 Å². The molecule has 15 heavy (non-hydrogen) atoms. The molecule has 0 saturated heterocycles. The van der Waals surface area contributed by atoms with Crippen LogP contribution in [0.15, 0.2) is 0 Å². The van der Waals surface area contributed by atoms with Crippen LogP contribution in [0.3, 0.4) is 0 Å². The number of nitrogens with zero attached hydrogens (tertiary/aromatic N) is 1. The number of aliphatic hydroxyl groups is 1. The van der Waals surface area contributed by atoms with Crippen molar-refractivity contribution in [2.24, 2.45) is 5.73 Å².